The van der Waals surface area contributed by atoms with E-state index in [2.05, 4.69) is 73.4 Å². The lowest BCUT2D eigenvalue weighted by Gasteiger charge is -2.07. The van der Waals surface area contributed by atoms with Crippen LogP contribution in [0.5, 0.6) is 0 Å². The van der Waals surface area contributed by atoms with Crippen LogP contribution in [0.3, 0.4) is 0 Å². The number of aromatic amines is 1. The van der Waals surface area contributed by atoms with Crippen molar-refractivity contribution in [1.29, 1.82) is 0 Å². The molecule has 2 aromatic heterocycles. The number of nitrogens with one attached hydrogen (secondary N) is 1. The fraction of sp³-hybridized carbons (Fsp3) is 0.250. The van der Waals surface area contributed by atoms with E-state index >= 15 is 0 Å². The predicted octanol–water partition coefficient (Wildman–Crippen LogP) is 7.67. The Morgan fingerprint density at radius 1 is 0.846 bits per heavy atom. The number of aryl methyl sites for hydroxylation is 1. The zero-order valence-corrected chi connectivity index (χ0v) is 16.1. The summed E-state index contributed by atoms with van der Waals surface area (Å²) in [6, 6.07) is 20.4. The van der Waals surface area contributed by atoms with Crippen LogP contribution in [0.2, 0.25) is 0 Å². The summed E-state index contributed by atoms with van der Waals surface area (Å²) in [4.78, 5) is 3.57. The van der Waals surface area contributed by atoms with E-state index < -0.39 is 0 Å². The average molecular weight is 358 g/mol. The van der Waals surface area contributed by atoms with Crippen LogP contribution in [0.25, 0.3) is 42.0 Å². The first-order valence-corrected chi connectivity index (χ1v) is 10.4. The Labute approximate surface area is 157 Å². The van der Waals surface area contributed by atoms with Gasteiger partial charge in [0.15, 0.2) is 0 Å². The second-order valence-electron chi connectivity index (χ2n) is 7.55. The summed E-state index contributed by atoms with van der Waals surface area (Å²) in [6.45, 7) is 4.63. The van der Waals surface area contributed by atoms with Crippen molar-refractivity contribution in [3.8, 4) is 0 Å². The second-order valence-corrected chi connectivity index (χ2v) is 8.63. The molecule has 0 spiro atoms. The summed E-state index contributed by atoms with van der Waals surface area (Å²) in [6.07, 6.45) is 3.73. The van der Waals surface area contributed by atoms with Gasteiger partial charge in [0.25, 0.3) is 0 Å². The number of H-pyrrole nitrogens is 1. The average Bonchev–Trinajstić information content (AvgIpc) is 3.20. The Morgan fingerprint density at radius 2 is 1.69 bits per heavy atom. The van der Waals surface area contributed by atoms with E-state index in [-0.39, 0.29) is 0 Å². The predicted molar refractivity (Wildman–Crippen MR) is 116 cm³/mol. The van der Waals surface area contributed by atoms with E-state index in [9.17, 15) is 0 Å². The normalized spacial score (nSPS) is 13.3. The third-order valence-corrected chi connectivity index (χ3v) is 6.90. The van der Waals surface area contributed by atoms with Crippen LogP contribution in [0.15, 0.2) is 54.6 Å². The van der Waals surface area contributed by atoms with Crippen molar-refractivity contribution in [2.45, 2.75) is 33.1 Å². The molecule has 2 heterocycles. The molecule has 0 saturated carbocycles. The number of hydrogen-bond acceptors (Lipinski definition) is 1. The van der Waals surface area contributed by atoms with E-state index in [1.165, 1.54) is 66.8 Å². The van der Waals surface area contributed by atoms with E-state index in [0.29, 0.717) is 0 Å². The number of para-hydroxylation sites is 1. The SMILES string of the molecule is CCC(C)CCc1ccc2c(c1)sc1cc3[nH]c4ccccc4c3cc12. The largest absolute Gasteiger partial charge is 0.354 e. The van der Waals surface area contributed by atoms with Crippen LogP contribution in [0, 0.1) is 5.92 Å². The van der Waals surface area contributed by atoms with Gasteiger partial charge in [0.05, 0.1) is 0 Å². The molecule has 0 amide bonds. The monoisotopic (exact) mass is 357 g/mol. The molecule has 0 bridgehead atoms. The molecule has 1 N–H and O–H groups in total. The van der Waals surface area contributed by atoms with E-state index in [1.54, 1.807) is 0 Å². The maximum absolute atomic E-state index is 3.57. The first-order chi connectivity index (χ1) is 12.7. The minimum absolute atomic E-state index is 0.808. The molecular formula is C24H23NS. The lowest BCUT2D eigenvalue weighted by atomic mass is 9.98. The van der Waals surface area contributed by atoms with Gasteiger partial charge in [-0.15, -0.1) is 11.3 Å². The van der Waals surface area contributed by atoms with E-state index in [0.717, 1.165) is 5.92 Å². The van der Waals surface area contributed by atoms with Crippen LogP contribution in [-0.4, -0.2) is 4.98 Å². The van der Waals surface area contributed by atoms with Gasteiger partial charge < -0.3 is 4.98 Å². The Morgan fingerprint density at radius 3 is 2.58 bits per heavy atom. The molecule has 0 fully saturated rings. The minimum atomic E-state index is 0.808. The van der Waals surface area contributed by atoms with Gasteiger partial charge in [0, 0.05) is 42.0 Å². The number of thiophene rings is 1. The maximum atomic E-state index is 3.57. The van der Waals surface area contributed by atoms with Crippen molar-refractivity contribution in [3.63, 3.8) is 0 Å². The van der Waals surface area contributed by atoms with Crippen molar-refractivity contribution in [3.05, 3.63) is 60.2 Å². The van der Waals surface area contributed by atoms with Gasteiger partial charge in [-0.1, -0.05) is 50.6 Å². The summed E-state index contributed by atoms with van der Waals surface area (Å²) in [5.74, 6) is 0.808. The van der Waals surface area contributed by atoms with Crippen LogP contribution in [-0.2, 0) is 6.42 Å². The fourth-order valence-corrected chi connectivity index (χ4v) is 5.13. The van der Waals surface area contributed by atoms with Crippen LogP contribution in [0.4, 0.5) is 0 Å². The van der Waals surface area contributed by atoms with Crippen LogP contribution >= 0.6 is 11.3 Å². The summed E-state index contributed by atoms with van der Waals surface area (Å²) in [5.41, 5.74) is 3.93. The summed E-state index contributed by atoms with van der Waals surface area (Å²) in [5, 5.41) is 5.42. The van der Waals surface area contributed by atoms with Crippen molar-refractivity contribution in [2.24, 2.45) is 5.92 Å². The highest BCUT2D eigenvalue weighted by molar-refractivity contribution is 7.25. The van der Waals surface area contributed by atoms with Gasteiger partial charge in [-0.05, 0) is 48.6 Å². The third kappa shape index (κ3) is 2.52. The zero-order valence-electron chi connectivity index (χ0n) is 15.3. The Kier molecular flexibility index (Phi) is 3.75. The molecule has 2 heteroatoms. The molecule has 26 heavy (non-hydrogen) atoms. The Bertz CT molecular complexity index is 1240. The van der Waals surface area contributed by atoms with E-state index in [4.69, 9.17) is 0 Å². The van der Waals surface area contributed by atoms with Crippen molar-refractivity contribution >= 4 is 53.3 Å². The van der Waals surface area contributed by atoms with E-state index in [1.807, 2.05) is 11.3 Å². The lowest BCUT2D eigenvalue weighted by molar-refractivity contribution is 0.517. The minimum Gasteiger partial charge on any atom is -0.354 e. The number of fused-ring (bicyclic) bond motifs is 6. The Hall–Kier alpha value is -2.32. The molecule has 0 aliphatic heterocycles. The lowest BCUT2D eigenvalue weighted by Crippen LogP contribution is -1.95. The molecule has 3 aromatic carbocycles. The highest BCUT2D eigenvalue weighted by Crippen LogP contribution is 2.38. The van der Waals surface area contributed by atoms with Crippen LogP contribution < -0.4 is 0 Å². The molecule has 0 aliphatic carbocycles. The van der Waals surface area contributed by atoms with Gasteiger partial charge in [0.2, 0.25) is 0 Å². The van der Waals surface area contributed by atoms with Gasteiger partial charge in [0.1, 0.15) is 0 Å². The summed E-state index contributed by atoms with van der Waals surface area (Å²) in [7, 11) is 0. The second kappa shape index (κ2) is 6.14. The topological polar surface area (TPSA) is 15.8 Å². The number of rotatable bonds is 4. The third-order valence-electron chi connectivity index (χ3n) is 5.79. The van der Waals surface area contributed by atoms with Crippen molar-refractivity contribution in [1.82, 2.24) is 4.98 Å². The summed E-state index contributed by atoms with van der Waals surface area (Å²) < 4.78 is 2.79. The molecule has 5 aromatic rings. The van der Waals surface area contributed by atoms with Gasteiger partial charge in [-0.3, -0.25) is 0 Å². The maximum Gasteiger partial charge on any atom is 0.0479 e. The van der Waals surface area contributed by atoms with Gasteiger partial charge in [-0.25, -0.2) is 0 Å². The molecule has 1 unspecified atom stereocenters. The first-order valence-electron chi connectivity index (χ1n) is 9.58. The van der Waals surface area contributed by atoms with Crippen molar-refractivity contribution < 1.29 is 0 Å². The highest BCUT2D eigenvalue weighted by Gasteiger charge is 2.11. The van der Waals surface area contributed by atoms with Gasteiger partial charge in [-0.2, -0.15) is 0 Å². The zero-order chi connectivity index (χ0) is 17.7. The van der Waals surface area contributed by atoms with Crippen LogP contribution in [0.1, 0.15) is 32.3 Å². The Balaban J connectivity index is 1.65. The van der Waals surface area contributed by atoms with Crippen molar-refractivity contribution in [2.75, 3.05) is 0 Å². The smallest absolute Gasteiger partial charge is 0.0479 e. The number of aromatic nitrogens is 1. The molecule has 130 valence electrons. The molecule has 1 nitrogen and oxygen atoms in total. The fourth-order valence-electron chi connectivity index (χ4n) is 3.94. The first kappa shape index (κ1) is 15.9. The summed E-state index contributed by atoms with van der Waals surface area (Å²) >= 11 is 1.92. The highest BCUT2D eigenvalue weighted by atomic mass is 32.1. The molecule has 1 atom stereocenters. The molecule has 0 radical (unpaired) electrons. The molecular weight excluding hydrogens is 334 g/mol. The number of hydrogen-bond donors (Lipinski definition) is 1. The standard InChI is InChI=1S/C24H23NS/c1-3-15(2)8-9-16-10-11-18-20-13-19-17-6-4-5-7-21(17)25-22(19)14-24(20)26-23(18)12-16/h4-7,10-15,25H,3,8-9H2,1-2H3. The molecule has 5 rings (SSSR count). The number of benzene rings is 3. The molecule has 0 aliphatic rings. The van der Waals surface area contributed by atoms with Gasteiger partial charge >= 0.3 is 0 Å². The quantitative estimate of drug-likeness (QED) is 0.340. The molecule has 0 saturated heterocycles.